The zero-order chi connectivity index (χ0) is 20.4. The first kappa shape index (κ1) is 23.8. The number of aliphatic carboxylic acids is 1. The minimum absolute atomic E-state index is 0.196. The highest BCUT2D eigenvalue weighted by molar-refractivity contribution is 5.92. The Morgan fingerprint density at radius 2 is 1.62 bits per heavy atom. The fourth-order valence-electron chi connectivity index (χ4n) is 1.99. The number of carbonyl (C=O) groups excluding carboxylic acids is 3. The molecule has 0 spiro atoms. The summed E-state index contributed by atoms with van der Waals surface area (Å²) >= 11 is 0. The summed E-state index contributed by atoms with van der Waals surface area (Å²) in [4.78, 5) is 46.4. The second-order valence-corrected chi connectivity index (χ2v) is 6.32. The molecule has 0 radical (unpaired) electrons. The summed E-state index contributed by atoms with van der Waals surface area (Å²) in [7, 11) is 0. The highest BCUT2D eigenvalue weighted by Crippen LogP contribution is 2.02. The van der Waals surface area contributed by atoms with E-state index in [0.717, 1.165) is 0 Å². The normalized spacial score (nSPS) is 15.5. The van der Waals surface area contributed by atoms with Crippen LogP contribution in [0.2, 0.25) is 0 Å². The van der Waals surface area contributed by atoms with Gasteiger partial charge in [0.2, 0.25) is 17.7 Å². The SMILES string of the molecule is CC(C)CC(N)C(=O)NCC(=O)NC(C(=O)NC(CO)C(=O)O)C(C)O. The molecule has 150 valence electrons. The molecule has 3 amide bonds. The molecule has 0 saturated carbocycles. The second kappa shape index (κ2) is 11.4. The molecule has 0 bridgehead atoms. The third-order valence-electron chi connectivity index (χ3n) is 3.36. The van der Waals surface area contributed by atoms with Crippen molar-refractivity contribution in [3.63, 3.8) is 0 Å². The lowest BCUT2D eigenvalue weighted by Crippen LogP contribution is -2.57. The highest BCUT2D eigenvalue weighted by Gasteiger charge is 2.29. The number of carboxylic acids is 1. The summed E-state index contributed by atoms with van der Waals surface area (Å²) in [5.41, 5.74) is 5.67. The number of amides is 3. The molecule has 11 nitrogen and oxygen atoms in total. The van der Waals surface area contributed by atoms with Crippen LogP contribution in [0.1, 0.15) is 27.2 Å². The van der Waals surface area contributed by atoms with Gasteiger partial charge in [0.05, 0.1) is 25.3 Å². The Balaban J connectivity index is 4.66. The molecule has 0 aliphatic rings. The summed E-state index contributed by atoms with van der Waals surface area (Å²) in [5, 5.41) is 33.8. The monoisotopic (exact) mass is 376 g/mol. The van der Waals surface area contributed by atoms with Crippen LogP contribution in [0.3, 0.4) is 0 Å². The van der Waals surface area contributed by atoms with Gasteiger partial charge in [0.1, 0.15) is 12.1 Å². The third-order valence-corrected chi connectivity index (χ3v) is 3.36. The maximum absolute atomic E-state index is 12.0. The quantitative estimate of drug-likeness (QED) is 0.197. The Kier molecular flexibility index (Phi) is 10.4. The van der Waals surface area contributed by atoms with E-state index in [1.165, 1.54) is 6.92 Å². The van der Waals surface area contributed by atoms with E-state index in [1.807, 2.05) is 19.2 Å². The van der Waals surface area contributed by atoms with Gasteiger partial charge < -0.3 is 37.0 Å². The van der Waals surface area contributed by atoms with Crippen LogP contribution in [0.4, 0.5) is 0 Å². The molecule has 0 saturated heterocycles. The van der Waals surface area contributed by atoms with Gasteiger partial charge in [-0.3, -0.25) is 14.4 Å². The van der Waals surface area contributed by atoms with Crippen LogP contribution >= 0.6 is 0 Å². The molecule has 26 heavy (non-hydrogen) atoms. The molecule has 4 atom stereocenters. The smallest absolute Gasteiger partial charge is 0.328 e. The Morgan fingerprint density at radius 1 is 1.04 bits per heavy atom. The predicted octanol–water partition coefficient (Wildman–Crippen LogP) is -3.10. The van der Waals surface area contributed by atoms with Crippen molar-refractivity contribution in [3.05, 3.63) is 0 Å². The van der Waals surface area contributed by atoms with Crippen LogP contribution in [0.15, 0.2) is 0 Å². The number of carboxylic acid groups (broad SMARTS) is 1. The van der Waals surface area contributed by atoms with Gasteiger partial charge in [0.15, 0.2) is 0 Å². The van der Waals surface area contributed by atoms with Crippen molar-refractivity contribution < 1.29 is 34.5 Å². The summed E-state index contributed by atoms with van der Waals surface area (Å²) < 4.78 is 0. The fourth-order valence-corrected chi connectivity index (χ4v) is 1.99. The number of aliphatic hydroxyl groups is 2. The van der Waals surface area contributed by atoms with Crippen molar-refractivity contribution in [1.82, 2.24) is 16.0 Å². The Labute approximate surface area is 151 Å². The third kappa shape index (κ3) is 8.74. The molecule has 0 aliphatic carbocycles. The number of nitrogens with one attached hydrogen (secondary N) is 3. The number of rotatable bonds is 11. The molecule has 0 aliphatic heterocycles. The molecule has 0 aromatic heterocycles. The van der Waals surface area contributed by atoms with Crippen LogP contribution in [0.5, 0.6) is 0 Å². The molecule has 0 rings (SSSR count). The molecule has 4 unspecified atom stereocenters. The molecule has 0 aromatic rings. The van der Waals surface area contributed by atoms with Gasteiger partial charge in [-0.25, -0.2) is 4.79 Å². The lowest BCUT2D eigenvalue weighted by Gasteiger charge is -2.23. The van der Waals surface area contributed by atoms with Crippen molar-refractivity contribution in [2.75, 3.05) is 13.2 Å². The van der Waals surface area contributed by atoms with E-state index in [9.17, 15) is 24.3 Å². The molecule has 0 fully saturated rings. The van der Waals surface area contributed by atoms with Crippen LogP contribution in [-0.4, -0.2) is 76.4 Å². The first-order valence-electron chi connectivity index (χ1n) is 8.14. The van der Waals surface area contributed by atoms with Crippen molar-refractivity contribution in [1.29, 1.82) is 0 Å². The Bertz CT molecular complexity index is 510. The summed E-state index contributed by atoms with van der Waals surface area (Å²) in [5.74, 6) is -3.56. The Hall–Kier alpha value is -2.24. The van der Waals surface area contributed by atoms with Crippen LogP contribution in [0, 0.1) is 5.92 Å². The maximum Gasteiger partial charge on any atom is 0.328 e. The van der Waals surface area contributed by atoms with E-state index in [4.69, 9.17) is 15.9 Å². The maximum atomic E-state index is 12.0. The van der Waals surface area contributed by atoms with Gasteiger partial charge in [-0.05, 0) is 19.3 Å². The lowest BCUT2D eigenvalue weighted by atomic mass is 10.0. The van der Waals surface area contributed by atoms with E-state index in [-0.39, 0.29) is 5.92 Å². The number of hydrogen-bond donors (Lipinski definition) is 7. The highest BCUT2D eigenvalue weighted by atomic mass is 16.4. The van der Waals surface area contributed by atoms with Crippen molar-refractivity contribution in [2.45, 2.75) is 51.4 Å². The van der Waals surface area contributed by atoms with Gasteiger partial charge in [0, 0.05) is 0 Å². The number of aliphatic hydroxyl groups excluding tert-OH is 2. The van der Waals surface area contributed by atoms with E-state index < -0.39 is 61.1 Å². The first-order chi connectivity index (χ1) is 12.0. The largest absolute Gasteiger partial charge is 0.480 e. The van der Waals surface area contributed by atoms with Crippen molar-refractivity contribution in [3.8, 4) is 0 Å². The van der Waals surface area contributed by atoms with Gasteiger partial charge in [-0.1, -0.05) is 13.8 Å². The van der Waals surface area contributed by atoms with Crippen molar-refractivity contribution in [2.24, 2.45) is 11.7 Å². The summed E-state index contributed by atoms with van der Waals surface area (Å²) in [6, 6.07) is -3.81. The topological polar surface area (TPSA) is 191 Å². The fraction of sp³-hybridized carbons (Fsp3) is 0.733. The van der Waals surface area contributed by atoms with E-state index in [0.29, 0.717) is 6.42 Å². The zero-order valence-corrected chi connectivity index (χ0v) is 15.1. The zero-order valence-electron chi connectivity index (χ0n) is 15.1. The molecule has 8 N–H and O–H groups in total. The standard InChI is InChI=1S/C15H28N4O7/c1-7(2)4-9(16)13(23)17-5-11(22)19-12(8(3)21)14(24)18-10(6-20)15(25)26/h7-10,12,20-21H,4-6,16H2,1-3H3,(H,17,23)(H,18,24)(H,19,22)(H,25,26). The van der Waals surface area contributed by atoms with Gasteiger partial charge >= 0.3 is 5.97 Å². The molecular weight excluding hydrogens is 348 g/mol. The molecule has 0 heterocycles. The van der Waals surface area contributed by atoms with E-state index in [1.54, 1.807) is 0 Å². The Morgan fingerprint density at radius 3 is 2.04 bits per heavy atom. The molecule has 11 heteroatoms. The summed E-state index contributed by atoms with van der Waals surface area (Å²) in [6.07, 6.45) is -0.907. The van der Waals surface area contributed by atoms with Crippen LogP contribution in [0.25, 0.3) is 0 Å². The lowest BCUT2D eigenvalue weighted by molar-refractivity contribution is -0.144. The minimum atomic E-state index is -1.57. The van der Waals surface area contributed by atoms with Gasteiger partial charge in [0.25, 0.3) is 0 Å². The average Bonchev–Trinajstić information content (AvgIpc) is 2.53. The predicted molar refractivity (Wildman–Crippen MR) is 90.7 cm³/mol. The van der Waals surface area contributed by atoms with Gasteiger partial charge in [-0.2, -0.15) is 0 Å². The molecular formula is C15H28N4O7. The van der Waals surface area contributed by atoms with Crippen molar-refractivity contribution >= 4 is 23.7 Å². The van der Waals surface area contributed by atoms with E-state index in [2.05, 4.69) is 10.6 Å². The number of nitrogens with two attached hydrogens (primary N) is 1. The van der Waals surface area contributed by atoms with Gasteiger partial charge in [-0.15, -0.1) is 0 Å². The minimum Gasteiger partial charge on any atom is -0.480 e. The van der Waals surface area contributed by atoms with Crippen LogP contribution < -0.4 is 21.7 Å². The average molecular weight is 376 g/mol. The summed E-state index contributed by atoms with van der Waals surface area (Å²) in [6.45, 7) is 3.68. The molecule has 0 aromatic carbocycles. The first-order valence-corrected chi connectivity index (χ1v) is 8.14. The van der Waals surface area contributed by atoms with E-state index >= 15 is 0 Å². The number of hydrogen-bond acceptors (Lipinski definition) is 7. The van der Waals surface area contributed by atoms with Crippen LogP contribution in [-0.2, 0) is 19.2 Å². The second-order valence-electron chi connectivity index (χ2n) is 6.32. The number of carbonyl (C=O) groups is 4.